The van der Waals surface area contributed by atoms with E-state index in [-0.39, 0.29) is 0 Å². The highest BCUT2D eigenvalue weighted by atomic mass is 16.5. The molecule has 0 radical (unpaired) electrons. The van der Waals surface area contributed by atoms with E-state index in [1.54, 1.807) is 0 Å². The normalized spacial score (nSPS) is 18.6. The van der Waals surface area contributed by atoms with Crippen LogP contribution in [0.1, 0.15) is 0 Å². The largest absolute Gasteiger partial charge is 0.378 e. The quantitative estimate of drug-likeness (QED) is 0.824. The molecule has 2 aliphatic heterocycles. The number of ether oxygens (including phenoxy) is 1. The van der Waals surface area contributed by atoms with Crippen molar-refractivity contribution in [3.8, 4) is 6.07 Å². The van der Waals surface area contributed by atoms with Crippen LogP contribution in [-0.4, -0.2) is 32.8 Å². The summed E-state index contributed by atoms with van der Waals surface area (Å²) in [5, 5.41) is 8.97. The van der Waals surface area contributed by atoms with Crippen LogP contribution in [0, 0.1) is 11.3 Å². The van der Waals surface area contributed by atoms with Gasteiger partial charge >= 0.3 is 0 Å². The van der Waals surface area contributed by atoms with Gasteiger partial charge in [0, 0.05) is 36.2 Å². The third-order valence-corrected chi connectivity index (χ3v) is 3.61. The molecule has 1 fully saturated rings. The Morgan fingerprint density at radius 2 is 1.75 bits per heavy atom. The molecule has 0 aromatic heterocycles. The van der Waals surface area contributed by atoms with Crippen molar-refractivity contribution < 1.29 is 4.74 Å². The third-order valence-electron chi connectivity index (χ3n) is 3.61. The minimum absolute atomic E-state index is 0.643. The van der Waals surface area contributed by atoms with Crippen molar-refractivity contribution in [2.24, 2.45) is 0 Å². The van der Waals surface area contributed by atoms with Crippen LogP contribution in [0.25, 0.3) is 0 Å². The molecule has 3 rings (SSSR count). The molecular formula is C16H17N3O. The Morgan fingerprint density at radius 3 is 2.45 bits per heavy atom. The number of anilines is 2. The molecule has 20 heavy (non-hydrogen) atoms. The summed E-state index contributed by atoms with van der Waals surface area (Å²) in [6, 6.07) is 10.7. The first-order valence-corrected chi connectivity index (χ1v) is 6.84. The Kier molecular flexibility index (Phi) is 3.71. The molecule has 1 saturated heterocycles. The number of nitrogens with zero attached hydrogens (tertiary/aromatic N) is 3. The van der Waals surface area contributed by atoms with Crippen LogP contribution in [0.5, 0.6) is 0 Å². The Balaban J connectivity index is 1.72. The maximum absolute atomic E-state index is 8.97. The minimum atomic E-state index is 0.643. The first kappa shape index (κ1) is 12.8. The van der Waals surface area contributed by atoms with E-state index in [0.29, 0.717) is 6.54 Å². The highest BCUT2D eigenvalue weighted by Gasteiger charge is 2.13. The molecule has 0 atom stereocenters. The summed E-state index contributed by atoms with van der Waals surface area (Å²) in [6.45, 7) is 4.14. The van der Waals surface area contributed by atoms with Crippen LogP contribution in [0.15, 0.2) is 48.2 Å². The Bertz CT molecular complexity index is 562. The second kappa shape index (κ2) is 5.81. The van der Waals surface area contributed by atoms with Gasteiger partial charge in [0.25, 0.3) is 0 Å². The molecule has 4 heteroatoms. The molecule has 2 aliphatic rings. The fourth-order valence-electron chi connectivity index (χ4n) is 2.48. The van der Waals surface area contributed by atoms with Crippen molar-refractivity contribution in [2.45, 2.75) is 0 Å². The van der Waals surface area contributed by atoms with Gasteiger partial charge in [-0.25, -0.2) is 0 Å². The predicted molar refractivity (Wildman–Crippen MR) is 79.7 cm³/mol. The van der Waals surface area contributed by atoms with E-state index in [0.717, 1.165) is 37.6 Å². The molecule has 4 nitrogen and oxygen atoms in total. The van der Waals surface area contributed by atoms with Crippen molar-refractivity contribution in [1.82, 2.24) is 0 Å². The lowest BCUT2D eigenvalue weighted by Crippen LogP contribution is -2.36. The second-order valence-corrected chi connectivity index (χ2v) is 4.89. The van der Waals surface area contributed by atoms with E-state index in [4.69, 9.17) is 10.00 Å². The SMILES string of the molecule is N#CC1=CC=CN(c2ccc(N3CCOCC3)cc2)C1. The molecule has 0 spiro atoms. The molecule has 102 valence electrons. The average Bonchev–Trinajstić information content (AvgIpc) is 2.56. The molecule has 0 saturated carbocycles. The number of hydrogen-bond donors (Lipinski definition) is 0. The lowest BCUT2D eigenvalue weighted by atomic mass is 10.1. The summed E-state index contributed by atoms with van der Waals surface area (Å²) in [5.74, 6) is 0. The van der Waals surface area contributed by atoms with Crippen molar-refractivity contribution in [3.63, 3.8) is 0 Å². The highest BCUT2D eigenvalue weighted by Crippen LogP contribution is 2.23. The summed E-state index contributed by atoms with van der Waals surface area (Å²) in [6.07, 6.45) is 5.78. The van der Waals surface area contributed by atoms with Gasteiger partial charge in [-0.05, 0) is 36.4 Å². The second-order valence-electron chi connectivity index (χ2n) is 4.89. The highest BCUT2D eigenvalue weighted by molar-refractivity contribution is 5.60. The van der Waals surface area contributed by atoms with Gasteiger partial charge in [-0.2, -0.15) is 5.26 Å². The van der Waals surface area contributed by atoms with E-state index >= 15 is 0 Å². The third kappa shape index (κ3) is 2.68. The van der Waals surface area contributed by atoms with Crippen LogP contribution in [0.3, 0.4) is 0 Å². The van der Waals surface area contributed by atoms with Crippen LogP contribution in [-0.2, 0) is 4.74 Å². The van der Waals surface area contributed by atoms with E-state index in [2.05, 4.69) is 40.1 Å². The number of rotatable bonds is 2. The number of nitriles is 1. The molecule has 0 N–H and O–H groups in total. The van der Waals surface area contributed by atoms with Gasteiger partial charge in [0.05, 0.1) is 25.8 Å². The van der Waals surface area contributed by atoms with Gasteiger partial charge in [-0.15, -0.1) is 0 Å². The van der Waals surface area contributed by atoms with Gasteiger partial charge in [0.1, 0.15) is 0 Å². The molecule has 0 unspecified atom stereocenters. The molecule has 1 aromatic rings. The van der Waals surface area contributed by atoms with Crippen molar-refractivity contribution in [1.29, 1.82) is 5.26 Å². The maximum Gasteiger partial charge on any atom is 0.0966 e. The summed E-state index contributed by atoms with van der Waals surface area (Å²) < 4.78 is 5.37. The summed E-state index contributed by atoms with van der Waals surface area (Å²) in [7, 11) is 0. The standard InChI is InChI=1S/C16H17N3O/c17-12-14-2-1-7-19(13-14)16-5-3-15(4-6-16)18-8-10-20-11-9-18/h1-7H,8-11,13H2. The zero-order chi connectivity index (χ0) is 13.8. The van der Waals surface area contributed by atoms with E-state index in [1.165, 1.54) is 5.69 Å². The lowest BCUT2D eigenvalue weighted by Gasteiger charge is -2.29. The fraction of sp³-hybridized carbons (Fsp3) is 0.312. The molecule has 0 bridgehead atoms. The average molecular weight is 267 g/mol. The van der Waals surface area contributed by atoms with Crippen molar-refractivity contribution in [2.75, 3.05) is 42.6 Å². The summed E-state index contributed by atoms with van der Waals surface area (Å²) >= 11 is 0. The number of allylic oxidation sites excluding steroid dienone is 2. The Hall–Kier alpha value is -2.25. The van der Waals surface area contributed by atoms with Crippen molar-refractivity contribution >= 4 is 11.4 Å². The molecule has 0 aliphatic carbocycles. The monoisotopic (exact) mass is 267 g/mol. The first-order valence-electron chi connectivity index (χ1n) is 6.84. The minimum Gasteiger partial charge on any atom is -0.378 e. The van der Waals surface area contributed by atoms with Gasteiger partial charge < -0.3 is 14.5 Å². The van der Waals surface area contributed by atoms with E-state index < -0.39 is 0 Å². The van der Waals surface area contributed by atoms with Gasteiger partial charge in [-0.3, -0.25) is 0 Å². The van der Waals surface area contributed by atoms with Gasteiger partial charge in [-0.1, -0.05) is 0 Å². The fourth-order valence-corrected chi connectivity index (χ4v) is 2.48. The number of benzene rings is 1. The van der Waals surface area contributed by atoms with Crippen LogP contribution >= 0.6 is 0 Å². The molecule has 2 heterocycles. The first-order chi connectivity index (χ1) is 9.86. The smallest absolute Gasteiger partial charge is 0.0966 e. The van der Waals surface area contributed by atoms with Gasteiger partial charge in [0.15, 0.2) is 0 Å². The Morgan fingerprint density at radius 1 is 1.05 bits per heavy atom. The zero-order valence-electron chi connectivity index (χ0n) is 11.3. The number of morpholine rings is 1. The number of hydrogen-bond acceptors (Lipinski definition) is 4. The lowest BCUT2D eigenvalue weighted by molar-refractivity contribution is 0.122. The summed E-state index contributed by atoms with van der Waals surface area (Å²) in [5.41, 5.74) is 3.12. The van der Waals surface area contributed by atoms with Crippen LogP contribution in [0.4, 0.5) is 11.4 Å². The zero-order valence-corrected chi connectivity index (χ0v) is 11.3. The Labute approximate surface area is 119 Å². The predicted octanol–water partition coefficient (Wildman–Crippen LogP) is 2.31. The van der Waals surface area contributed by atoms with Crippen LogP contribution < -0.4 is 9.80 Å². The van der Waals surface area contributed by atoms with Gasteiger partial charge in [0.2, 0.25) is 0 Å². The molecule has 0 amide bonds. The van der Waals surface area contributed by atoms with Crippen LogP contribution in [0.2, 0.25) is 0 Å². The topological polar surface area (TPSA) is 39.5 Å². The molecule has 1 aromatic carbocycles. The summed E-state index contributed by atoms with van der Waals surface area (Å²) in [4.78, 5) is 4.42. The molecular weight excluding hydrogens is 250 g/mol. The maximum atomic E-state index is 8.97. The van der Waals surface area contributed by atoms with E-state index in [1.807, 2.05) is 18.4 Å². The van der Waals surface area contributed by atoms with Crippen molar-refractivity contribution in [3.05, 3.63) is 48.2 Å². The van der Waals surface area contributed by atoms with E-state index in [9.17, 15) is 0 Å².